The van der Waals surface area contributed by atoms with Gasteiger partial charge in [0.15, 0.2) is 11.6 Å². The summed E-state index contributed by atoms with van der Waals surface area (Å²) in [5.74, 6) is 0.758. The number of hydrogen-bond acceptors (Lipinski definition) is 5. The molecule has 0 amide bonds. The van der Waals surface area contributed by atoms with Crippen molar-refractivity contribution in [2.45, 2.75) is 6.92 Å². The smallest absolute Gasteiger partial charge is 0.432 e. The molecule has 0 saturated carbocycles. The van der Waals surface area contributed by atoms with Crippen LogP contribution in [0.25, 0.3) is 0 Å². The Hall–Kier alpha value is -2.15. The second-order valence-electron chi connectivity index (χ2n) is 3.22. The van der Waals surface area contributed by atoms with Crippen LogP contribution in [0.5, 0.6) is 0 Å². The number of hydrogen-bond donors (Lipinski definition) is 2. The Morgan fingerprint density at radius 2 is 2.24 bits per heavy atom. The summed E-state index contributed by atoms with van der Waals surface area (Å²) < 4.78 is 0.861. The van der Waals surface area contributed by atoms with Gasteiger partial charge >= 0.3 is 6.09 Å². The highest BCUT2D eigenvalue weighted by Gasteiger charge is 2.10. The molecular formula is C9H8ClN5O2. The van der Waals surface area contributed by atoms with Crippen LogP contribution in [0, 0.1) is 6.92 Å². The second kappa shape index (κ2) is 4.38. The van der Waals surface area contributed by atoms with Crippen LogP contribution in [0.1, 0.15) is 5.69 Å². The Labute approximate surface area is 101 Å². The highest BCUT2D eigenvalue weighted by atomic mass is 35.5. The SMILES string of the molecule is Cc1cc(Nc2cncc(Cl)n2)nn1C(=O)O. The third-order valence-corrected chi connectivity index (χ3v) is 2.11. The molecule has 2 N–H and O–H groups in total. The molecule has 88 valence electrons. The van der Waals surface area contributed by atoms with Gasteiger partial charge in [0.25, 0.3) is 0 Å². The standard InChI is InChI=1S/C9H8ClN5O2/c1-5-2-7(14-15(5)9(16)17)13-8-4-11-3-6(10)12-8/h2-4H,1H3,(H,16,17)(H,12,13,14). The summed E-state index contributed by atoms with van der Waals surface area (Å²) in [5.41, 5.74) is 0.495. The summed E-state index contributed by atoms with van der Waals surface area (Å²) in [6.45, 7) is 1.63. The molecule has 0 aliphatic rings. The van der Waals surface area contributed by atoms with Crippen LogP contribution in [0.15, 0.2) is 18.5 Å². The van der Waals surface area contributed by atoms with E-state index in [1.54, 1.807) is 13.0 Å². The Morgan fingerprint density at radius 1 is 1.47 bits per heavy atom. The Bertz CT molecular complexity index is 568. The molecule has 0 spiro atoms. The maximum Gasteiger partial charge on any atom is 0.432 e. The Balaban J connectivity index is 2.25. The van der Waals surface area contributed by atoms with Crippen LogP contribution in [-0.4, -0.2) is 30.9 Å². The minimum Gasteiger partial charge on any atom is -0.463 e. The Morgan fingerprint density at radius 3 is 2.82 bits per heavy atom. The molecule has 17 heavy (non-hydrogen) atoms. The number of anilines is 2. The van der Waals surface area contributed by atoms with Gasteiger partial charge in [-0.1, -0.05) is 11.6 Å². The highest BCUT2D eigenvalue weighted by Crippen LogP contribution is 2.15. The van der Waals surface area contributed by atoms with E-state index in [2.05, 4.69) is 20.4 Å². The van der Waals surface area contributed by atoms with Gasteiger partial charge in [0.2, 0.25) is 0 Å². The summed E-state index contributed by atoms with van der Waals surface area (Å²) in [5, 5.41) is 15.7. The van der Waals surface area contributed by atoms with Crippen molar-refractivity contribution in [3.8, 4) is 0 Å². The molecule has 0 aliphatic carbocycles. The summed E-state index contributed by atoms with van der Waals surface area (Å²) in [6.07, 6.45) is 1.71. The van der Waals surface area contributed by atoms with E-state index < -0.39 is 6.09 Å². The maximum atomic E-state index is 10.8. The molecule has 2 aromatic rings. The summed E-state index contributed by atoms with van der Waals surface area (Å²) in [7, 11) is 0. The fourth-order valence-corrected chi connectivity index (χ4v) is 1.41. The number of aromatic nitrogens is 4. The molecule has 0 aliphatic heterocycles. The Kier molecular flexibility index (Phi) is 2.92. The number of nitrogens with zero attached hydrogens (tertiary/aromatic N) is 4. The predicted octanol–water partition coefficient (Wildman–Crippen LogP) is 1.90. The van der Waals surface area contributed by atoms with E-state index in [9.17, 15) is 4.79 Å². The van der Waals surface area contributed by atoms with Crippen LogP contribution in [0.4, 0.5) is 16.4 Å². The maximum absolute atomic E-state index is 10.8. The third kappa shape index (κ3) is 2.51. The van der Waals surface area contributed by atoms with E-state index in [1.165, 1.54) is 12.4 Å². The number of rotatable bonds is 2. The predicted molar refractivity (Wildman–Crippen MR) is 60.7 cm³/mol. The van der Waals surface area contributed by atoms with Gasteiger partial charge in [-0.3, -0.25) is 4.98 Å². The van der Waals surface area contributed by atoms with Crippen molar-refractivity contribution in [2.75, 3.05) is 5.32 Å². The van der Waals surface area contributed by atoms with Gasteiger partial charge in [-0.15, -0.1) is 5.10 Å². The lowest BCUT2D eigenvalue weighted by Crippen LogP contribution is -2.11. The van der Waals surface area contributed by atoms with Crippen molar-refractivity contribution in [3.63, 3.8) is 0 Å². The molecule has 0 aromatic carbocycles. The van der Waals surface area contributed by atoms with E-state index in [1.807, 2.05) is 0 Å². The zero-order valence-corrected chi connectivity index (χ0v) is 9.51. The summed E-state index contributed by atoms with van der Waals surface area (Å²) in [4.78, 5) is 18.5. The minimum atomic E-state index is -1.15. The van der Waals surface area contributed by atoms with E-state index >= 15 is 0 Å². The molecule has 0 radical (unpaired) electrons. The van der Waals surface area contributed by atoms with Crippen LogP contribution in [0.3, 0.4) is 0 Å². The number of carboxylic acid groups (broad SMARTS) is 1. The van der Waals surface area contributed by atoms with Crippen molar-refractivity contribution in [1.29, 1.82) is 0 Å². The molecule has 0 fully saturated rings. The van der Waals surface area contributed by atoms with Crippen LogP contribution < -0.4 is 5.32 Å². The average molecular weight is 254 g/mol. The van der Waals surface area contributed by atoms with Crippen molar-refractivity contribution in [2.24, 2.45) is 0 Å². The summed E-state index contributed by atoms with van der Waals surface area (Å²) in [6, 6.07) is 1.58. The quantitative estimate of drug-likeness (QED) is 0.849. The van der Waals surface area contributed by atoms with Gasteiger partial charge in [0.1, 0.15) is 5.15 Å². The molecule has 0 bridgehead atoms. The van der Waals surface area contributed by atoms with Crippen molar-refractivity contribution in [3.05, 3.63) is 29.3 Å². The molecule has 0 unspecified atom stereocenters. The number of halogens is 1. The van der Waals surface area contributed by atoms with E-state index in [-0.39, 0.29) is 5.15 Å². The molecule has 8 heteroatoms. The fourth-order valence-electron chi connectivity index (χ4n) is 1.26. The molecule has 2 aromatic heterocycles. The first kappa shape index (κ1) is 11.3. The first-order chi connectivity index (χ1) is 8.06. The molecule has 0 saturated heterocycles. The van der Waals surface area contributed by atoms with Gasteiger partial charge < -0.3 is 10.4 Å². The van der Waals surface area contributed by atoms with Crippen molar-refractivity contribution in [1.82, 2.24) is 19.7 Å². The average Bonchev–Trinajstić information content (AvgIpc) is 2.59. The molecule has 7 nitrogen and oxygen atoms in total. The minimum absolute atomic E-state index is 0.240. The van der Waals surface area contributed by atoms with Gasteiger partial charge in [0, 0.05) is 11.8 Å². The lowest BCUT2D eigenvalue weighted by Gasteiger charge is -2.00. The van der Waals surface area contributed by atoms with E-state index in [0.717, 1.165) is 4.68 Å². The molecule has 2 rings (SSSR count). The monoisotopic (exact) mass is 253 g/mol. The van der Waals surface area contributed by atoms with E-state index in [0.29, 0.717) is 17.3 Å². The number of aryl methyl sites for hydroxylation is 1. The summed E-state index contributed by atoms with van der Waals surface area (Å²) >= 11 is 5.66. The lowest BCUT2D eigenvalue weighted by atomic mass is 10.4. The van der Waals surface area contributed by atoms with Crippen molar-refractivity contribution >= 4 is 29.3 Å². The van der Waals surface area contributed by atoms with Crippen LogP contribution in [-0.2, 0) is 0 Å². The molecular weight excluding hydrogens is 246 g/mol. The normalized spacial score (nSPS) is 10.2. The number of nitrogens with one attached hydrogen (secondary N) is 1. The number of carbonyl (C=O) groups is 1. The first-order valence-corrected chi connectivity index (χ1v) is 4.98. The topological polar surface area (TPSA) is 92.9 Å². The van der Waals surface area contributed by atoms with E-state index in [4.69, 9.17) is 16.7 Å². The zero-order chi connectivity index (χ0) is 12.4. The molecule has 2 heterocycles. The van der Waals surface area contributed by atoms with Crippen molar-refractivity contribution < 1.29 is 9.90 Å². The largest absolute Gasteiger partial charge is 0.463 e. The zero-order valence-electron chi connectivity index (χ0n) is 8.75. The molecule has 0 atom stereocenters. The van der Waals surface area contributed by atoms with Crippen LogP contribution >= 0.6 is 11.6 Å². The lowest BCUT2D eigenvalue weighted by molar-refractivity contribution is 0.192. The van der Waals surface area contributed by atoms with Gasteiger partial charge in [0.05, 0.1) is 12.4 Å². The van der Waals surface area contributed by atoms with Crippen LogP contribution in [0.2, 0.25) is 5.15 Å². The third-order valence-electron chi connectivity index (χ3n) is 1.93. The van der Waals surface area contributed by atoms with Gasteiger partial charge in [-0.25, -0.2) is 9.78 Å². The second-order valence-corrected chi connectivity index (χ2v) is 3.60. The van der Waals surface area contributed by atoms with Gasteiger partial charge in [-0.2, -0.15) is 4.68 Å². The van der Waals surface area contributed by atoms with Gasteiger partial charge in [-0.05, 0) is 6.92 Å². The highest BCUT2D eigenvalue weighted by molar-refractivity contribution is 6.29. The first-order valence-electron chi connectivity index (χ1n) is 4.61. The fraction of sp³-hybridized carbons (Fsp3) is 0.111.